The van der Waals surface area contributed by atoms with E-state index in [0.717, 1.165) is 17.6 Å². The van der Waals surface area contributed by atoms with E-state index >= 15 is 0 Å². The molecule has 4 nitrogen and oxygen atoms in total. The number of nitrogens with zero attached hydrogens (tertiary/aromatic N) is 1. The number of aromatic amines is 1. The SMILES string of the molecule is O=c1[nH]c(C[NH+](Cc2ccc(F)cc2)C2CC2)nc2ccccc12. The van der Waals surface area contributed by atoms with Crippen molar-refractivity contribution in [3.8, 4) is 0 Å². The number of para-hydroxylation sites is 1. The molecule has 1 aromatic heterocycles. The quantitative estimate of drug-likeness (QED) is 0.752. The number of benzene rings is 2. The Balaban J connectivity index is 1.59. The van der Waals surface area contributed by atoms with Gasteiger partial charge in [0, 0.05) is 18.4 Å². The first-order valence-electron chi connectivity index (χ1n) is 8.26. The molecule has 122 valence electrons. The third-order valence-electron chi connectivity index (χ3n) is 4.56. The molecule has 0 amide bonds. The zero-order chi connectivity index (χ0) is 16.5. The topological polar surface area (TPSA) is 50.2 Å². The van der Waals surface area contributed by atoms with Gasteiger partial charge in [-0.3, -0.25) is 4.79 Å². The molecule has 1 atom stereocenters. The van der Waals surface area contributed by atoms with E-state index in [9.17, 15) is 9.18 Å². The van der Waals surface area contributed by atoms with E-state index < -0.39 is 0 Å². The summed E-state index contributed by atoms with van der Waals surface area (Å²) in [7, 11) is 0. The van der Waals surface area contributed by atoms with E-state index in [4.69, 9.17) is 0 Å². The number of hydrogen-bond donors (Lipinski definition) is 2. The van der Waals surface area contributed by atoms with E-state index in [2.05, 4.69) is 9.97 Å². The standard InChI is InChI=1S/C19H18FN3O/c20-14-7-5-13(6-8-14)11-23(15-9-10-15)12-18-21-17-4-2-1-3-16(17)19(24)22-18/h1-8,15H,9-12H2,(H,21,22,24)/p+1. The van der Waals surface area contributed by atoms with Crippen molar-refractivity contribution in [2.75, 3.05) is 0 Å². The van der Waals surface area contributed by atoms with E-state index in [1.54, 1.807) is 6.07 Å². The Morgan fingerprint density at radius 1 is 1.08 bits per heavy atom. The summed E-state index contributed by atoms with van der Waals surface area (Å²) in [5.41, 5.74) is 1.74. The Morgan fingerprint density at radius 3 is 2.58 bits per heavy atom. The second kappa shape index (κ2) is 6.17. The Hall–Kier alpha value is -2.53. The number of nitrogens with one attached hydrogen (secondary N) is 2. The third-order valence-corrected chi connectivity index (χ3v) is 4.56. The van der Waals surface area contributed by atoms with Gasteiger partial charge in [0.2, 0.25) is 0 Å². The van der Waals surface area contributed by atoms with Gasteiger partial charge in [0.1, 0.15) is 18.9 Å². The summed E-state index contributed by atoms with van der Waals surface area (Å²) in [6, 6.07) is 14.6. The van der Waals surface area contributed by atoms with E-state index in [1.807, 2.05) is 30.3 Å². The van der Waals surface area contributed by atoms with Gasteiger partial charge in [-0.2, -0.15) is 0 Å². The lowest BCUT2D eigenvalue weighted by Gasteiger charge is -2.19. The fraction of sp³-hybridized carbons (Fsp3) is 0.263. The van der Waals surface area contributed by atoms with Gasteiger partial charge in [-0.1, -0.05) is 24.3 Å². The number of aromatic nitrogens is 2. The minimum atomic E-state index is -0.216. The van der Waals surface area contributed by atoms with E-state index in [-0.39, 0.29) is 11.4 Å². The van der Waals surface area contributed by atoms with Gasteiger partial charge in [-0.25, -0.2) is 9.37 Å². The summed E-state index contributed by atoms with van der Waals surface area (Å²) in [5.74, 6) is 0.495. The molecule has 2 aromatic carbocycles. The molecule has 0 saturated heterocycles. The molecule has 1 unspecified atom stereocenters. The molecule has 1 saturated carbocycles. The minimum absolute atomic E-state index is 0.0903. The van der Waals surface area contributed by atoms with Crippen LogP contribution >= 0.6 is 0 Å². The first-order chi connectivity index (χ1) is 11.7. The van der Waals surface area contributed by atoms with Crippen LogP contribution in [0.25, 0.3) is 10.9 Å². The maximum absolute atomic E-state index is 13.1. The van der Waals surface area contributed by atoms with E-state index in [0.29, 0.717) is 23.8 Å². The molecule has 0 aliphatic heterocycles. The van der Waals surface area contributed by atoms with Crippen molar-refractivity contribution in [3.05, 3.63) is 76.1 Å². The van der Waals surface area contributed by atoms with Gasteiger partial charge in [-0.05, 0) is 24.3 Å². The van der Waals surface area contributed by atoms with Crippen molar-refractivity contribution in [1.82, 2.24) is 9.97 Å². The van der Waals surface area contributed by atoms with Crippen molar-refractivity contribution < 1.29 is 9.29 Å². The molecular formula is C19H19FN3O+. The van der Waals surface area contributed by atoms with E-state index in [1.165, 1.54) is 29.9 Å². The van der Waals surface area contributed by atoms with Crippen molar-refractivity contribution >= 4 is 10.9 Å². The second-order valence-corrected chi connectivity index (χ2v) is 6.44. The van der Waals surface area contributed by atoms with Crippen LogP contribution in [-0.4, -0.2) is 16.0 Å². The minimum Gasteiger partial charge on any atom is -0.322 e. The number of quaternary nitrogens is 1. The highest BCUT2D eigenvalue weighted by Gasteiger charge is 2.33. The van der Waals surface area contributed by atoms with Crippen LogP contribution in [0.2, 0.25) is 0 Å². The summed E-state index contributed by atoms with van der Waals surface area (Å²) in [6.07, 6.45) is 2.38. The molecular weight excluding hydrogens is 305 g/mol. The van der Waals surface area contributed by atoms with Crippen molar-refractivity contribution in [2.45, 2.75) is 32.0 Å². The lowest BCUT2D eigenvalue weighted by Crippen LogP contribution is -3.10. The fourth-order valence-corrected chi connectivity index (χ4v) is 3.14. The normalized spacial score (nSPS) is 15.5. The number of rotatable bonds is 5. The van der Waals surface area contributed by atoms with Gasteiger partial charge in [-0.15, -0.1) is 0 Å². The predicted molar refractivity (Wildman–Crippen MR) is 90.2 cm³/mol. The van der Waals surface area contributed by atoms with Crippen LogP contribution in [0, 0.1) is 5.82 Å². The maximum Gasteiger partial charge on any atom is 0.258 e. The van der Waals surface area contributed by atoms with Crippen LogP contribution in [0.15, 0.2) is 53.3 Å². The lowest BCUT2D eigenvalue weighted by atomic mass is 10.2. The highest BCUT2D eigenvalue weighted by Crippen LogP contribution is 2.16. The molecule has 1 aliphatic carbocycles. The van der Waals surface area contributed by atoms with Crippen LogP contribution in [0.5, 0.6) is 0 Å². The molecule has 1 aliphatic rings. The van der Waals surface area contributed by atoms with Gasteiger partial charge in [0.25, 0.3) is 5.56 Å². The van der Waals surface area contributed by atoms with Crippen LogP contribution in [0.1, 0.15) is 24.2 Å². The van der Waals surface area contributed by atoms with Gasteiger partial charge in [0.15, 0.2) is 5.82 Å². The van der Waals surface area contributed by atoms with Crippen LogP contribution in [0.4, 0.5) is 4.39 Å². The zero-order valence-electron chi connectivity index (χ0n) is 13.3. The zero-order valence-corrected chi connectivity index (χ0v) is 13.3. The monoisotopic (exact) mass is 324 g/mol. The van der Waals surface area contributed by atoms with Gasteiger partial charge >= 0.3 is 0 Å². The first kappa shape index (κ1) is 15.0. The maximum atomic E-state index is 13.1. The predicted octanol–water partition coefficient (Wildman–Crippen LogP) is 1.81. The molecule has 2 N–H and O–H groups in total. The van der Waals surface area contributed by atoms with Crippen LogP contribution < -0.4 is 10.5 Å². The fourth-order valence-electron chi connectivity index (χ4n) is 3.14. The van der Waals surface area contributed by atoms with Gasteiger partial charge < -0.3 is 9.88 Å². The Kier molecular flexibility index (Phi) is 3.86. The summed E-state index contributed by atoms with van der Waals surface area (Å²) in [5, 5.41) is 0.618. The summed E-state index contributed by atoms with van der Waals surface area (Å²) in [6.45, 7) is 1.48. The Morgan fingerprint density at radius 2 is 1.83 bits per heavy atom. The molecule has 24 heavy (non-hydrogen) atoms. The second-order valence-electron chi connectivity index (χ2n) is 6.44. The third kappa shape index (κ3) is 3.21. The molecule has 3 aromatic rings. The van der Waals surface area contributed by atoms with Crippen molar-refractivity contribution in [1.29, 1.82) is 0 Å². The summed E-state index contributed by atoms with van der Waals surface area (Å²) >= 11 is 0. The average Bonchev–Trinajstić information content (AvgIpc) is 3.41. The van der Waals surface area contributed by atoms with Crippen molar-refractivity contribution in [3.63, 3.8) is 0 Å². The summed E-state index contributed by atoms with van der Waals surface area (Å²) < 4.78 is 13.1. The number of fused-ring (bicyclic) bond motifs is 1. The highest BCUT2D eigenvalue weighted by atomic mass is 19.1. The highest BCUT2D eigenvalue weighted by molar-refractivity contribution is 5.77. The largest absolute Gasteiger partial charge is 0.322 e. The lowest BCUT2D eigenvalue weighted by molar-refractivity contribution is -0.939. The average molecular weight is 324 g/mol. The molecule has 1 heterocycles. The summed E-state index contributed by atoms with van der Waals surface area (Å²) in [4.78, 5) is 21.1. The number of hydrogen-bond acceptors (Lipinski definition) is 2. The molecule has 0 bridgehead atoms. The van der Waals surface area contributed by atoms with Crippen LogP contribution in [0.3, 0.4) is 0 Å². The molecule has 5 heteroatoms. The molecule has 0 radical (unpaired) electrons. The number of halogens is 1. The smallest absolute Gasteiger partial charge is 0.258 e. The Bertz CT molecular complexity index is 916. The molecule has 1 fully saturated rings. The van der Waals surface area contributed by atoms with Crippen molar-refractivity contribution in [2.24, 2.45) is 0 Å². The number of H-pyrrole nitrogens is 1. The first-order valence-corrected chi connectivity index (χ1v) is 8.26. The Labute approximate surface area is 139 Å². The molecule has 4 rings (SSSR count). The molecule has 0 spiro atoms. The van der Waals surface area contributed by atoms with Gasteiger partial charge in [0.05, 0.1) is 16.9 Å². The van der Waals surface area contributed by atoms with Crippen LogP contribution in [-0.2, 0) is 13.1 Å².